The number of carbonyl (C=O) groups is 2. The number of nitrogens with one attached hydrogen (secondary N) is 1. The van der Waals surface area contributed by atoms with Crippen LogP contribution in [-0.2, 0) is 4.79 Å². The van der Waals surface area contributed by atoms with Gasteiger partial charge in [0.05, 0.1) is 6.04 Å². The fourth-order valence-corrected chi connectivity index (χ4v) is 3.21. The third-order valence-electron chi connectivity index (χ3n) is 4.54. The standard InChI is InChI=1S/C21H22N2O2/c1-22-21(25)18-12-9-16(10-13-18)11-14-20(24)23-15-5-8-19(23)17-6-3-2-4-7-17/h2-4,6-7,9-14,19H,5,8,15H2,1H3,(H,22,25)/b14-11+. The van der Waals surface area contributed by atoms with Gasteiger partial charge in [-0.1, -0.05) is 42.5 Å². The van der Waals surface area contributed by atoms with Gasteiger partial charge in [-0.3, -0.25) is 9.59 Å². The minimum absolute atomic E-state index is 0.0294. The van der Waals surface area contributed by atoms with Gasteiger partial charge in [0.15, 0.2) is 0 Å². The Morgan fingerprint density at radius 2 is 1.80 bits per heavy atom. The minimum Gasteiger partial charge on any atom is -0.355 e. The summed E-state index contributed by atoms with van der Waals surface area (Å²) in [4.78, 5) is 26.1. The average Bonchev–Trinajstić information content (AvgIpc) is 3.16. The first-order valence-corrected chi connectivity index (χ1v) is 8.55. The second-order valence-electron chi connectivity index (χ2n) is 6.13. The van der Waals surface area contributed by atoms with Crippen molar-refractivity contribution in [3.63, 3.8) is 0 Å². The van der Waals surface area contributed by atoms with E-state index in [4.69, 9.17) is 0 Å². The molecular weight excluding hydrogens is 312 g/mol. The summed E-state index contributed by atoms with van der Waals surface area (Å²) >= 11 is 0. The van der Waals surface area contributed by atoms with Crippen LogP contribution in [0.25, 0.3) is 6.08 Å². The highest BCUT2D eigenvalue weighted by Gasteiger charge is 2.28. The van der Waals surface area contributed by atoms with Crippen LogP contribution in [-0.4, -0.2) is 30.3 Å². The van der Waals surface area contributed by atoms with Gasteiger partial charge in [0.1, 0.15) is 0 Å². The van der Waals surface area contributed by atoms with Gasteiger partial charge in [-0.05, 0) is 42.2 Å². The number of rotatable bonds is 4. The van der Waals surface area contributed by atoms with Gasteiger partial charge in [0.2, 0.25) is 5.91 Å². The molecule has 0 radical (unpaired) electrons. The molecule has 1 aliphatic heterocycles. The van der Waals surface area contributed by atoms with Crippen LogP contribution in [0.4, 0.5) is 0 Å². The predicted octanol–water partition coefficient (Wildman–Crippen LogP) is 3.42. The number of amides is 2. The number of nitrogens with zero attached hydrogens (tertiary/aromatic N) is 1. The molecule has 2 aromatic carbocycles. The van der Waals surface area contributed by atoms with Crippen molar-refractivity contribution in [2.45, 2.75) is 18.9 Å². The van der Waals surface area contributed by atoms with E-state index in [2.05, 4.69) is 17.4 Å². The minimum atomic E-state index is -0.116. The number of carbonyl (C=O) groups excluding carboxylic acids is 2. The molecule has 4 heteroatoms. The number of hydrogen-bond acceptors (Lipinski definition) is 2. The van der Waals surface area contributed by atoms with Crippen molar-refractivity contribution in [1.82, 2.24) is 10.2 Å². The molecule has 1 aliphatic rings. The summed E-state index contributed by atoms with van der Waals surface area (Å²) < 4.78 is 0. The van der Waals surface area contributed by atoms with Gasteiger partial charge in [-0.2, -0.15) is 0 Å². The first kappa shape index (κ1) is 17.0. The quantitative estimate of drug-likeness (QED) is 0.871. The fraction of sp³-hybridized carbons (Fsp3) is 0.238. The summed E-state index contributed by atoms with van der Waals surface area (Å²) in [6.07, 6.45) is 5.46. The first-order valence-electron chi connectivity index (χ1n) is 8.55. The first-order chi connectivity index (χ1) is 12.2. The highest BCUT2D eigenvalue weighted by molar-refractivity contribution is 5.95. The molecule has 25 heavy (non-hydrogen) atoms. The van der Waals surface area contributed by atoms with Gasteiger partial charge >= 0.3 is 0 Å². The molecule has 0 bridgehead atoms. The third-order valence-corrected chi connectivity index (χ3v) is 4.54. The molecule has 1 heterocycles. The van der Waals surface area contributed by atoms with Crippen LogP contribution < -0.4 is 5.32 Å². The lowest BCUT2D eigenvalue weighted by Crippen LogP contribution is -2.28. The Balaban J connectivity index is 1.69. The average molecular weight is 334 g/mol. The van der Waals surface area contributed by atoms with Crippen LogP contribution in [0.2, 0.25) is 0 Å². The van der Waals surface area contributed by atoms with E-state index < -0.39 is 0 Å². The lowest BCUT2D eigenvalue weighted by molar-refractivity contribution is -0.126. The van der Waals surface area contributed by atoms with Crippen LogP contribution in [0.3, 0.4) is 0 Å². The molecule has 0 spiro atoms. The monoisotopic (exact) mass is 334 g/mol. The Bertz CT molecular complexity index is 766. The largest absolute Gasteiger partial charge is 0.355 e. The van der Waals surface area contributed by atoms with Crippen LogP contribution in [0, 0.1) is 0 Å². The van der Waals surface area contributed by atoms with Crippen LogP contribution in [0.1, 0.15) is 40.4 Å². The summed E-state index contributed by atoms with van der Waals surface area (Å²) in [6, 6.07) is 17.5. The van der Waals surface area contributed by atoms with Crippen molar-refractivity contribution >= 4 is 17.9 Å². The smallest absolute Gasteiger partial charge is 0.251 e. The summed E-state index contributed by atoms with van der Waals surface area (Å²) in [7, 11) is 1.61. The Morgan fingerprint density at radius 3 is 2.48 bits per heavy atom. The van der Waals surface area contributed by atoms with E-state index in [0.29, 0.717) is 5.56 Å². The molecule has 1 fully saturated rings. The van der Waals surface area contributed by atoms with E-state index >= 15 is 0 Å². The molecule has 0 aromatic heterocycles. The normalized spacial score (nSPS) is 17.0. The summed E-state index contributed by atoms with van der Waals surface area (Å²) in [6.45, 7) is 0.790. The molecule has 1 unspecified atom stereocenters. The highest BCUT2D eigenvalue weighted by Crippen LogP contribution is 2.31. The molecular formula is C21H22N2O2. The molecule has 0 aliphatic carbocycles. The Morgan fingerprint density at radius 1 is 1.08 bits per heavy atom. The van der Waals surface area contributed by atoms with Gasteiger partial charge in [-0.25, -0.2) is 0 Å². The number of benzene rings is 2. The molecule has 4 nitrogen and oxygen atoms in total. The Hall–Kier alpha value is -2.88. The second kappa shape index (κ2) is 7.79. The van der Waals surface area contributed by atoms with E-state index in [1.165, 1.54) is 5.56 Å². The van der Waals surface area contributed by atoms with E-state index in [0.717, 1.165) is 24.9 Å². The third kappa shape index (κ3) is 3.97. The van der Waals surface area contributed by atoms with E-state index in [9.17, 15) is 9.59 Å². The van der Waals surface area contributed by atoms with E-state index in [1.54, 1.807) is 31.3 Å². The van der Waals surface area contributed by atoms with Crippen molar-refractivity contribution < 1.29 is 9.59 Å². The molecule has 2 amide bonds. The lowest BCUT2D eigenvalue weighted by atomic mass is 10.0. The zero-order valence-corrected chi connectivity index (χ0v) is 14.3. The van der Waals surface area contributed by atoms with Gasteiger partial charge in [0.25, 0.3) is 5.91 Å². The number of likely N-dealkylation sites (tertiary alicyclic amines) is 1. The van der Waals surface area contributed by atoms with Crippen molar-refractivity contribution in [2.75, 3.05) is 13.6 Å². The fourth-order valence-electron chi connectivity index (χ4n) is 3.21. The Labute approximate surface area is 148 Å². The maximum atomic E-state index is 12.6. The maximum absolute atomic E-state index is 12.6. The summed E-state index contributed by atoms with van der Waals surface area (Å²) in [5.74, 6) is -0.0869. The van der Waals surface area contributed by atoms with Crippen LogP contribution in [0.5, 0.6) is 0 Å². The predicted molar refractivity (Wildman–Crippen MR) is 99.0 cm³/mol. The molecule has 1 N–H and O–H groups in total. The Kier molecular flexibility index (Phi) is 5.29. The van der Waals surface area contributed by atoms with E-state index in [-0.39, 0.29) is 17.9 Å². The summed E-state index contributed by atoms with van der Waals surface area (Å²) in [5, 5.41) is 2.59. The van der Waals surface area contributed by atoms with Crippen LogP contribution in [0.15, 0.2) is 60.7 Å². The van der Waals surface area contributed by atoms with Gasteiger partial charge in [0, 0.05) is 25.2 Å². The van der Waals surface area contributed by atoms with Crippen molar-refractivity contribution in [3.8, 4) is 0 Å². The molecule has 2 aromatic rings. The molecule has 128 valence electrons. The lowest BCUT2D eigenvalue weighted by Gasteiger charge is -2.23. The van der Waals surface area contributed by atoms with Crippen molar-refractivity contribution in [2.24, 2.45) is 0 Å². The molecule has 1 saturated heterocycles. The van der Waals surface area contributed by atoms with Gasteiger partial charge in [-0.15, -0.1) is 0 Å². The zero-order valence-electron chi connectivity index (χ0n) is 14.3. The number of hydrogen-bond donors (Lipinski definition) is 1. The highest BCUT2D eigenvalue weighted by atomic mass is 16.2. The van der Waals surface area contributed by atoms with E-state index in [1.807, 2.05) is 35.2 Å². The van der Waals surface area contributed by atoms with Crippen molar-refractivity contribution in [3.05, 3.63) is 77.4 Å². The topological polar surface area (TPSA) is 49.4 Å². The molecule has 0 saturated carbocycles. The molecule has 1 atom stereocenters. The SMILES string of the molecule is CNC(=O)c1ccc(/C=C/C(=O)N2CCCC2c2ccccc2)cc1. The second-order valence-corrected chi connectivity index (χ2v) is 6.13. The maximum Gasteiger partial charge on any atom is 0.251 e. The van der Waals surface area contributed by atoms with Crippen molar-refractivity contribution in [1.29, 1.82) is 0 Å². The van der Waals surface area contributed by atoms with Gasteiger partial charge < -0.3 is 10.2 Å². The molecule has 3 rings (SSSR count). The zero-order chi connectivity index (χ0) is 17.6. The van der Waals surface area contributed by atoms with Crippen LogP contribution >= 0.6 is 0 Å². The summed E-state index contributed by atoms with van der Waals surface area (Å²) in [5.41, 5.74) is 2.70.